The highest BCUT2D eigenvalue weighted by molar-refractivity contribution is 5.92. The van der Waals surface area contributed by atoms with E-state index in [4.69, 9.17) is 9.51 Å². The Morgan fingerprint density at radius 3 is 2.67 bits per heavy atom. The minimum Gasteiger partial charge on any atom is -0.371 e. The third kappa shape index (κ3) is 2.75. The van der Waals surface area contributed by atoms with Crippen LogP contribution in [0, 0.1) is 6.92 Å². The number of aromatic nitrogens is 3. The molecule has 5 nitrogen and oxygen atoms in total. The van der Waals surface area contributed by atoms with Crippen LogP contribution in [-0.4, -0.2) is 28.2 Å². The summed E-state index contributed by atoms with van der Waals surface area (Å²) in [7, 11) is 0. The van der Waals surface area contributed by atoms with Gasteiger partial charge < -0.3 is 9.42 Å². The van der Waals surface area contributed by atoms with Crippen LogP contribution in [0.2, 0.25) is 0 Å². The highest BCUT2D eigenvalue weighted by atomic mass is 16.5. The molecule has 2 aromatic heterocycles. The zero-order chi connectivity index (χ0) is 16.5. The van der Waals surface area contributed by atoms with Crippen molar-refractivity contribution in [2.45, 2.75) is 39.0 Å². The lowest BCUT2D eigenvalue weighted by Crippen LogP contribution is -2.33. The molecule has 0 saturated carbocycles. The number of piperidine rings is 1. The molecule has 5 heteroatoms. The van der Waals surface area contributed by atoms with Gasteiger partial charge in [0.15, 0.2) is 5.82 Å². The van der Waals surface area contributed by atoms with Crippen LogP contribution >= 0.6 is 0 Å². The minimum absolute atomic E-state index is 0.400. The Kier molecular flexibility index (Phi) is 3.92. The smallest absolute Gasteiger partial charge is 0.223 e. The Hall–Kier alpha value is -2.43. The molecule has 0 spiro atoms. The number of hydrogen-bond donors (Lipinski definition) is 0. The Morgan fingerprint density at radius 1 is 1.17 bits per heavy atom. The first kappa shape index (κ1) is 15.1. The lowest BCUT2D eigenvalue weighted by atomic mass is 9.95. The maximum absolute atomic E-state index is 5.13. The van der Waals surface area contributed by atoms with Crippen molar-refractivity contribution in [2.75, 3.05) is 18.0 Å². The zero-order valence-electron chi connectivity index (χ0n) is 14.2. The van der Waals surface area contributed by atoms with Crippen molar-refractivity contribution in [1.29, 1.82) is 0 Å². The summed E-state index contributed by atoms with van der Waals surface area (Å²) < 4.78 is 5.13. The van der Waals surface area contributed by atoms with Crippen LogP contribution in [0.5, 0.6) is 0 Å². The first-order valence-electron chi connectivity index (χ1n) is 8.68. The van der Waals surface area contributed by atoms with Gasteiger partial charge in [-0.05, 0) is 31.4 Å². The summed E-state index contributed by atoms with van der Waals surface area (Å²) in [5, 5.41) is 5.34. The summed E-state index contributed by atoms with van der Waals surface area (Å²) in [5.74, 6) is 1.92. The van der Waals surface area contributed by atoms with Crippen molar-refractivity contribution in [3.63, 3.8) is 0 Å². The van der Waals surface area contributed by atoms with E-state index in [1.54, 1.807) is 0 Å². The van der Waals surface area contributed by atoms with Gasteiger partial charge in [-0.3, -0.25) is 4.98 Å². The molecule has 3 aromatic rings. The first-order chi connectivity index (χ1) is 11.7. The van der Waals surface area contributed by atoms with Crippen LogP contribution in [0.1, 0.15) is 43.1 Å². The predicted molar refractivity (Wildman–Crippen MR) is 94.3 cm³/mol. The maximum atomic E-state index is 5.13. The van der Waals surface area contributed by atoms with E-state index in [9.17, 15) is 0 Å². The van der Waals surface area contributed by atoms with Gasteiger partial charge in [-0.2, -0.15) is 4.98 Å². The average Bonchev–Trinajstić information content (AvgIpc) is 3.07. The Labute approximate surface area is 141 Å². The maximum Gasteiger partial charge on any atom is 0.223 e. The van der Waals surface area contributed by atoms with Gasteiger partial charge >= 0.3 is 0 Å². The lowest BCUT2D eigenvalue weighted by Gasteiger charge is -2.33. The van der Waals surface area contributed by atoms with E-state index < -0.39 is 0 Å². The van der Waals surface area contributed by atoms with Crippen LogP contribution < -0.4 is 4.90 Å². The predicted octanol–water partition coefficient (Wildman–Crippen LogP) is 3.87. The molecule has 124 valence electrons. The summed E-state index contributed by atoms with van der Waals surface area (Å²) >= 11 is 0. The molecule has 1 fully saturated rings. The molecule has 0 amide bonds. The molecule has 1 saturated heterocycles. The molecule has 0 aliphatic carbocycles. The van der Waals surface area contributed by atoms with Crippen LogP contribution in [0.3, 0.4) is 0 Å². The van der Waals surface area contributed by atoms with Gasteiger partial charge in [0.1, 0.15) is 0 Å². The molecule has 1 aliphatic rings. The SMILES string of the molecule is CCc1cc(N2CCC(c3noc(C)n3)CC2)c2ccccc2n1. The van der Waals surface area contributed by atoms with E-state index in [0.717, 1.165) is 49.4 Å². The lowest BCUT2D eigenvalue weighted by molar-refractivity contribution is 0.375. The molecule has 0 atom stereocenters. The second-order valence-corrected chi connectivity index (χ2v) is 6.44. The first-order valence-corrected chi connectivity index (χ1v) is 8.68. The second kappa shape index (κ2) is 6.23. The number of pyridine rings is 1. The molecule has 0 bridgehead atoms. The van der Waals surface area contributed by atoms with E-state index in [1.165, 1.54) is 11.1 Å². The fourth-order valence-electron chi connectivity index (χ4n) is 3.51. The monoisotopic (exact) mass is 322 g/mol. The Morgan fingerprint density at radius 2 is 1.96 bits per heavy atom. The number of anilines is 1. The van der Waals surface area contributed by atoms with Gasteiger partial charge in [-0.25, -0.2) is 0 Å². The normalized spacial score (nSPS) is 16.0. The molecule has 1 aliphatic heterocycles. The largest absolute Gasteiger partial charge is 0.371 e. The third-order valence-electron chi connectivity index (χ3n) is 4.85. The van der Waals surface area contributed by atoms with Crippen LogP contribution in [0.25, 0.3) is 10.9 Å². The van der Waals surface area contributed by atoms with Gasteiger partial charge in [0.05, 0.1) is 5.52 Å². The number of aryl methyl sites for hydroxylation is 2. The van der Waals surface area contributed by atoms with Crippen molar-refractivity contribution in [2.24, 2.45) is 0 Å². The van der Waals surface area contributed by atoms with Gasteiger partial charge in [-0.15, -0.1) is 0 Å². The number of benzene rings is 1. The Bertz CT molecular complexity index is 849. The topological polar surface area (TPSA) is 55.1 Å². The average molecular weight is 322 g/mol. The molecule has 0 radical (unpaired) electrons. The molecule has 1 aromatic carbocycles. The minimum atomic E-state index is 0.400. The summed E-state index contributed by atoms with van der Waals surface area (Å²) in [6, 6.07) is 10.7. The highest BCUT2D eigenvalue weighted by Gasteiger charge is 2.25. The summed E-state index contributed by atoms with van der Waals surface area (Å²) in [6.07, 6.45) is 3.06. The molecular weight excluding hydrogens is 300 g/mol. The number of hydrogen-bond acceptors (Lipinski definition) is 5. The zero-order valence-corrected chi connectivity index (χ0v) is 14.2. The fourth-order valence-corrected chi connectivity index (χ4v) is 3.51. The van der Waals surface area contributed by atoms with E-state index in [0.29, 0.717) is 11.8 Å². The van der Waals surface area contributed by atoms with Crippen LogP contribution in [0.15, 0.2) is 34.9 Å². The third-order valence-corrected chi connectivity index (χ3v) is 4.85. The quantitative estimate of drug-likeness (QED) is 0.732. The van der Waals surface area contributed by atoms with Crippen molar-refractivity contribution >= 4 is 16.6 Å². The van der Waals surface area contributed by atoms with Gasteiger partial charge in [0, 0.05) is 42.7 Å². The Balaban J connectivity index is 1.60. The van der Waals surface area contributed by atoms with Crippen molar-refractivity contribution in [3.8, 4) is 0 Å². The van der Waals surface area contributed by atoms with Gasteiger partial charge in [0.25, 0.3) is 0 Å². The van der Waals surface area contributed by atoms with Crippen LogP contribution in [0.4, 0.5) is 5.69 Å². The molecule has 24 heavy (non-hydrogen) atoms. The van der Waals surface area contributed by atoms with E-state index in [2.05, 4.69) is 52.3 Å². The highest BCUT2D eigenvalue weighted by Crippen LogP contribution is 2.33. The summed E-state index contributed by atoms with van der Waals surface area (Å²) in [4.78, 5) is 11.6. The van der Waals surface area contributed by atoms with Crippen molar-refractivity contribution < 1.29 is 4.52 Å². The molecule has 0 N–H and O–H groups in total. The van der Waals surface area contributed by atoms with E-state index >= 15 is 0 Å². The molecule has 3 heterocycles. The molecule has 4 rings (SSSR count). The second-order valence-electron chi connectivity index (χ2n) is 6.44. The van der Waals surface area contributed by atoms with Crippen molar-refractivity contribution in [1.82, 2.24) is 15.1 Å². The van der Waals surface area contributed by atoms with Gasteiger partial charge in [0.2, 0.25) is 5.89 Å². The standard InChI is InChI=1S/C19H22N4O/c1-3-15-12-18(16-6-4-5-7-17(16)21-15)23-10-8-14(9-11-23)19-20-13(2)24-22-19/h4-7,12,14H,3,8-11H2,1-2H3. The summed E-state index contributed by atoms with van der Waals surface area (Å²) in [5.41, 5.74) is 3.54. The number of para-hydroxylation sites is 1. The fraction of sp³-hybridized carbons (Fsp3) is 0.421. The number of fused-ring (bicyclic) bond motifs is 1. The number of rotatable bonds is 3. The molecular formula is C19H22N4O. The summed E-state index contributed by atoms with van der Waals surface area (Å²) in [6.45, 7) is 6.03. The number of nitrogens with zero attached hydrogens (tertiary/aromatic N) is 4. The van der Waals surface area contributed by atoms with Gasteiger partial charge in [-0.1, -0.05) is 30.3 Å². The van der Waals surface area contributed by atoms with Crippen molar-refractivity contribution in [3.05, 3.63) is 47.7 Å². The van der Waals surface area contributed by atoms with E-state index in [1.807, 2.05) is 6.92 Å². The molecule has 0 unspecified atom stereocenters. The van der Waals surface area contributed by atoms with E-state index in [-0.39, 0.29) is 0 Å². The van der Waals surface area contributed by atoms with Crippen LogP contribution in [-0.2, 0) is 6.42 Å².